The van der Waals surface area contributed by atoms with Gasteiger partial charge in [0.25, 0.3) is 0 Å². The van der Waals surface area contributed by atoms with E-state index in [-0.39, 0.29) is 26.8 Å². The van der Waals surface area contributed by atoms with E-state index in [0.29, 0.717) is 11.8 Å². The molecular formula is C34H32N4OPt. The number of aromatic hydroxyl groups is 1. The van der Waals surface area contributed by atoms with Gasteiger partial charge in [0.15, 0.2) is 0 Å². The molecule has 0 saturated heterocycles. The molecule has 6 heteroatoms. The van der Waals surface area contributed by atoms with Crippen molar-refractivity contribution in [2.45, 2.75) is 39.5 Å². The van der Waals surface area contributed by atoms with Crippen molar-refractivity contribution in [3.05, 3.63) is 121 Å². The van der Waals surface area contributed by atoms with Crippen LogP contribution in [0.15, 0.2) is 97.3 Å². The molecule has 1 aromatic heterocycles. The van der Waals surface area contributed by atoms with Crippen LogP contribution < -0.4 is 9.80 Å². The molecular weight excluding hydrogens is 675 g/mol. The quantitative estimate of drug-likeness (QED) is 0.180. The Bertz CT molecular complexity index is 1650. The Morgan fingerprint density at radius 2 is 1.38 bits per heavy atom. The van der Waals surface area contributed by atoms with Crippen molar-refractivity contribution >= 4 is 22.4 Å². The number of hydrogen-bond donors (Lipinski definition) is 1. The van der Waals surface area contributed by atoms with Gasteiger partial charge in [0.05, 0.1) is 22.5 Å². The first-order valence-electron chi connectivity index (χ1n) is 13.4. The van der Waals surface area contributed by atoms with E-state index in [1.54, 1.807) is 6.07 Å². The third-order valence-electron chi connectivity index (χ3n) is 7.25. The molecule has 1 aliphatic heterocycles. The van der Waals surface area contributed by atoms with Crippen LogP contribution in [-0.2, 0) is 21.1 Å². The first-order chi connectivity index (χ1) is 18.9. The average Bonchev–Trinajstić information content (AvgIpc) is 3.58. The van der Waals surface area contributed by atoms with Crippen molar-refractivity contribution in [3.63, 3.8) is 0 Å². The van der Waals surface area contributed by atoms with Crippen molar-refractivity contribution < 1.29 is 26.2 Å². The summed E-state index contributed by atoms with van der Waals surface area (Å²) < 4.78 is 2.33. The van der Waals surface area contributed by atoms with Gasteiger partial charge in [-0.1, -0.05) is 64.1 Å². The molecule has 0 bridgehead atoms. The summed E-state index contributed by atoms with van der Waals surface area (Å²) in [4.78, 5) is 9.26. The molecule has 4 aromatic carbocycles. The van der Waals surface area contributed by atoms with Crippen molar-refractivity contribution in [1.29, 1.82) is 0 Å². The predicted octanol–water partition coefficient (Wildman–Crippen LogP) is 8.36. The molecule has 0 saturated carbocycles. The summed E-state index contributed by atoms with van der Waals surface area (Å²) in [5.41, 5.74) is 8.36. The number of nitrogens with zero attached hydrogens (tertiary/aromatic N) is 4. The third kappa shape index (κ3) is 4.84. The maximum atomic E-state index is 10.4. The Kier molecular flexibility index (Phi) is 7.87. The predicted molar refractivity (Wildman–Crippen MR) is 160 cm³/mol. The van der Waals surface area contributed by atoms with Crippen LogP contribution in [0.4, 0.5) is 11.4 Å². The van der Waals surface area contributed by atoms with Crippen LogP contribution in [0.5, 0.6) is 5.75 Å². The van der Waals surface area contributed by atoms with Gasteiger partial charge in [-0.3, -0.25) is 4.98 Å². The van der Waals surface area contributed by atoms with Crippen molar-refractivity contribution in [2.24, 2.45) is 0 Å². The number of aromatic nitrogens is 2. The maximum absolute atomic E-state index is 10.4. The summed E-state index contributed by atoms with van der Waals surface area (Å²) in [5, 5.41) is 10.4. The van der Waals surface area contributed by atoms with E-state index in [4.69, 9.17) is 4.98 Å². The van der Waals surface area contributed by atoms with Crippen LogP contribution >= 0.6 is 0 Å². The number of para-hydroxylation sites is 4. The Hall–Kier alpha value is -3.82. The van der Waals surface area contributed by atoms with Gasteiger partial charge in [-0.2, -0.15) is 0 Å². The van der Waals surface area contributed by atoms with Gasteiger partial charge in [-0.05, 0) is 59.6 Å². The average molecular weight is 708 g/mol. The molecule has 204 valence electrons. The number of fused-ring (bicyclic) bond motifs is 1. The summed E-state index contributed by atoms with van der Waals surface area (Å²) in [6, 6.07) is 31.8. The maximum Gasteiger partial charge on any atom is 2.00 e. The normalized spacial score (nSPS) is 13.1. The molecule has 1 aliphatic rings. The molecule has 6 rings (SSSR count). The van der Waals surface area contributed by atoms with Crippen LogP contribution in [0.25, 0.3) is 28.1 Å². The minimum absolute atomic E-state index is 0. The minimum atomic E-state index is 0. The van der Waals surface area contributed by atoms with Gasteiger partial charge in [-0.15, -0.1) is 42.6 Å². The second kappa shape index (κ2) is 11.3. The van der Waals surface area contributed by atoms with Gasteiger partial charge in [0.1, 0.15) is 5.75 Å². The molecule has 1 N–H and O–H groups in total. The standard InChI is InChI=1S/C34H32N4O.Pt/c1-23(2)26-14-10-15-27(24(3)4)33(26)38-30-18-11-17-29(32(30)35-34(38)25-12-6-5-7-13-25)37-21-20-36(22-37)28-16-8-9-19-31(28)39;/h5-12,14-24,39H,1-4H3;/q-2;+2. The summed E-state index contributed by atoms with van der Waals surface area (Å²) >= 11 is 0. The molecule has 0 radical (unpaired) electrons. The topological polar surface area (TPSA) is 44.5 Å². The van der Waals surface area contributed by atoms with E-state index >= 15 is 0 Å². The van der Waals surface area contributed by atoms with Crippen molar-refractivity contribution in [3.8, 4) is 22.8 Å². The molecule has 0 spiro atoms. The Balaban J connectivity index is 0.00000323. The second-order valence-electron chi connectivity index (χ2n) is 10.5. The summed E-state index contributed by atoms with van der Waals surface area (Å²) in [7, 11) is 0. The van der Waals surface area contributed by atoms with Gasteiger partial charge in [0, 0.05) is 11.4 Å². The summed E-state index contributed by atoms with van der Waals surface area (Å²) in [6.45, 7) is 11.0. The fraction of sp³-hybridized carbons (Fsp3) is 0.176. The monoisotopic (exact) mass is 707 g/mol. The van der Waals surface area contributed by atoms with Crippen molar-refractivity contribution in [1.82, 2.24) is 9.55 Å². The zero-order valence-electron chi connectivity index (χ0n) is 23.0. The number of rotatable bonds is 6. The van der Waals surface area contributed by atoms with E-state index < -0.39 is 0 Å². The Morgan fingerprint density at radius 3 is 2.02 bits per heavy atom. The fourth-order valence-corrected chi connectivity index (χ4v) is 5.32. The van der Waals surface area contributed by atoms with Gasteiger partial charge >= 0.3 is 21.1 Å². The Labute approximate surface area is 250 Å². The fourth-order valence-electron chi connectivity index (χ4n) is 5.32. The smallest absolute Gasteiger partial charge is 0.506 e. The second-order valence-corrected chi connectivity index (χ2v) is 10.5. The molecule has 0 atom stereocenters. The SMILES string of the molecule is CC(C)c1cccc(C(C)C)c1-n1c(-c2[c-]cccc2)nc2c(N3C=CN(c4ccccc4O)[CH-]3)cccc21.[Pt+2]. The van der Waals surface area contributed by atoms with Gasteiger partial charge in [0.2, 0.25) is 0 Å². The zero-order valence-corrected chi connectivity index (χ0v) is 25.3. The van der Waals surface area contributed by atoms with Gasteiger partial charge < -0.3 is 19.5 Å². The van der Waals surface area contributed by atoms with E-state index in [0.717, 1.165) is 33.8 Å². The summed E-state index contributed by atoms with van der Waals surface area (Å²) in [5.74, 6) is 1.78. The van der Waals surface area contributed by atoms with E-state index in [1.807, 2.05) is 60.4 Å². The van der Waals surface area contributed by atoms with Crippen molar-refractivity contribution in [2.75, 3.05) is 9.80 Å². The summed E-state index contributed by atoms with van der Waals surface area (Å²) in [6.07, 6.45) is 3.94. The molecule has 0 aliphatic carbocycles. The number of hydrogen-bond acceptors (Lipinski definition) is 4. The zero-order chi connectivity index (χ0) is 27.1. The molecule has 0 unspecified atom stereocenters. The van der Waals surface area contributed by atoms with E-state index in [9.17, 15) is 5.11 Å². The number of phenolic OH excluding ortho intramolecular Hbond substituents is 1. The van der Waals surface area contributed by atoms with Crippen LogP contribution in [-0.4, -0.2) is 14.7 Å². The molecule has 0 amide bonds. The molecule has 0 fully saturated rings. The molecule has 5 aromatic rings. The van der Waals surface area contributed by atoms with Gasteiger partial charge in [-0.25, -0.2) is 0 Å². The number of anilines is 2. The number of phenols is 1. The Morgan fingerprint density at radius 1 is 0.750 bits per heavy atom. The third-order valence-corrected chi connectivity index (χ3v) is 7.25. The first kappa shape index (κ1) is 27.7. The largest absolute Gasteiger partial charge is 2.00 e. The molecule has 5 nitrogen and oxygen atoms in total. The van der Waals surface area contributed by atoms with E-state index in [1.165, 1.54) is 16.8 Å². The number of imidazole rings is 1. The molecule has 2 heterocycles. The molecule has 40 heavy (non-hydrogen) atoms. The van der Waals surface area contributed by atoms with Crippen LogP contribution in [0.2, 0.25) is 0 Å². The number of benzene rings is 4. The minimum Gasteiger partial charge on any atom is -0.506 e. The van der Waals surface area contributed by atoms with Crippen LogP contribution in [0.3, 0.4) is 0 Å². The first-order valence-corrected chi connectivity index (χ1v) is 13.4. The van der Waals surface area contributed by atoms with Crippen LogP contribution in [0.1, 0.15) is 50.7 Å². The van der Waals surface area contributed by atoms with Crippen LogP contribution in [0, 0.1) is 12.7 Å². The van der Waals surface area contributed by atoms with E-state index in [2.05, 4.69) is 85.7 Å².